The van der Waals surface area contributed by atoms with Crippen molar-refractivity contribution in [3.05, 3.63) is 17.5 Å². The summed E-state index contributed by atoms with van der Waals surface area (Å²) in [5, 5.41) is 4.95. The van der Waals surface area contributed by atoms with E-state index in [2.05, 4.69) is 10.0 Å². The highest BCUT2D eigenvalue weighted by Crippen LogP contribution is 2.44. The van der Waals surface area contributed by atoms with Gasteiger partial charge in [-0.25, -0.2) is 13.1 Å². The van der Waals surface area contributed by atoms with Crippen LogP contribution >= 0.6 is 11.3 Å². The molecule has 1 aliphatic heterocycles. The molecule has 1 aromatic rings. The van der Waals surface area contributed by atoms with E-state index in [-0.39, 0.29) is 16.0 Å². The average molecular weight is 314 g/mol. The molecule has 7 heteroatoms. The summed E-state index contributed by atoms with van der Waals surface area (Å²) in [7, 11) is -3.72. The molecule has 5 nitrogen and oxygen atoms in total. The molecule has 0 spiro atoms. The van der Waals surface area contributed by atoms with Gasteiger partial charge in [-0.05, 0) is 36.8 Å². The molecule has 2 N–H and O–H groups in total. The molecule has 0 aromatic carbocycles. The molecule has 1 aromatic heterocycles. The van der Waals surface area contributed by atoms with Crippen molar-refractivity contribution >= 4 is 27.3 Å². The molecule has 2 aliphatic rings. The van der Waals surface area contributed by atoms with Gasteiger partial charge in [-0.1, -0.05) is 18.9 Å². The molecular formula is C13H18N2O3S2. The zero-order valence-corrected chi connectivity index (χ0v) is 12.7. The van der Waals surface area contributed by atoms with Crippen molar-refractivity contribution in [2.45, 2.75) is 29.9 Å². The van der Waals surface area contributed by atoms with E-state index in [0.29, 0.717) is 6.54 Å². The summed E-state index contributed by atoms with van der Waals surface area (Å²) < 4.78 is 26.9. The first-order chi connectivity index (χ1) is 9.55. The Bertz CT molecular complexity index is 597. The Hall–Kier alpha value is -0.920. The van der Waals surface area contributed by atoms with Gasteiger partial charge in [0.2, 0.25) is 5.91 Å². The lowest BCUT2D eigenvalue weighted by Gasteiger charge is -2.36. The van der Waals surface area contributed by atoms with Crippen molar-refractivity contribution < 1.29 is 13.2 Å². The number of fused-ring (bicyclic) bond motifs is 1. The van der Waals surface area contributed by atoms with E-state index in [1.807, 2.05) is 0 Å². The summed E-state index contributed by atoms with van der Waals surface area (Å²) in [5.74, 6) is -0.0737. The lowest BCUT2D eigenvalue weighted by molar-refractivity contribution is -0.132. The molecule has 3 rings (SSSR count). The molecule has 2 atom stereocenters. The number of nitrogens with one attached hydrogen (secondary N) is 2. The van der Waals surface area contributed by atoms with E-state index in [1.54, 1.807) is 11.4 Å². The highest BCUT2D eigenvalue weighted by Gasteiger charge is 2.50. The first-order valence-electron chi connectivity index (χ1n) is 6.86. The fraction of sp³-hybridized carbons (Fsp3) is 0.615. The molecular weight excluding hydrogens is 296 g/mol. The third-order valence-corrected chi connectivity index (χ3v) is 7.21. The zero-order chi connectivity index (χ0) is 14.2. The minimum atomic E-state index is -3.72. The van der Waals surface area contributed by atoms with Crippen LogP contribution in [0.4, 0.5) is 0 Å². The van der Waals surface area contributed by atoms with Crippen LogP contribution in [0.3, 0.4) is 0 Å². The van der Waals surface area contributed by atoms with Crippen LogP contribution in [-0.4, -0.2) is 27.4 Å². The lowest BCUT2D eigenvalue weighted by Crippen LogP contribution is -2.49. The Morgan fingerprint density at radius 3 is 3.05 bits per heavy atom. The molecule has 1 saturated carbocycles. The topological polar surface area (TPSA) is 75.3 Å². The summed E-state index contributed by atoms with van der Waals surface area (Å²) in [6.45, 7) is 1.40. The molecule has 1 saturated heterocycles. The van der Waals surface area contributed by atoms with Crippen LogP contribution in [0.2, 0.25) is 0 Å². The zero-order valence-electron chi connectivity index (χ0n) is 11.1. The number of amides is 1. The van der Waals surface area contributed by atoms with Gasteiger partial charge in [0, 0.05) is 6.54 Å². The van der Waals surface area contributed by atoms with Crippen LogP contribution in [-0.2, 0) is 14.8 Å². The smallest absolute Gasteiger partial charge is 0.273 e. The Balaban J connectivity index is 1.82. The van der Waals surface area contributed by atoms with Crippen molar-refractivity contribution in [2.24, 2.45) is 11.3 Å². The summed E-state index contributed by atoms with van der Waals surface area (Å²) in [5.41, 5.74) is -0.539. The van der Waals surface area contributed by atoms with Crippen molar-refractivity contribution in [3.63, 3.8) is 0 Å². The van der Waals surface area contributed by atoms with Gasteiger partial charge >= 0.3 is 0 Å². The lowest BCUT2D eigenvalue weighted by atomic mass is 9.68. The molecule has 110 valence electrons. The first-order valence-corrected chi connectivity index (χ1v) is 9.22. The molecule has 2 fully saturated rings. The van der Waals surface area contributed by atoms with Crippen LogP contribution in [0.15, 0.2) is 21.7 Å². The van der Waals surface area contributed by atoms with Gasteiger partial charge < -0.3 is 5.32 Å². The van der Waals surface area contributed by atoms with Crippen LogP contribution in [0.25, 0.3) is 0 Å². The van der Waals surface area contributed by atoms with E-state index < -0.39 is 15.4 Å². The summed E-state index contributed by atoms with van der Waals surface area (Å²) >= 11 is 1.12. The van der Waals surface area contributed by atoms with Gasteiger partial charge in [-0.2, -0.15) is 0 Å². The van der Waals surface area contributed by atoms with Gasteiger partial charge in [-0.3, -0.25) is 4.79 Å². The van der Waals surface area contributed by atoms with E-state index in [1.165, 1.54) is 6.07 Å². The second-order valence-corrected chi connectivity index (χ2v) is 8.45. The minimum Gasteiger partial charge on any atom is -0.315 e. The number of rotatable bonds is 3. The van der Waals surface area contributed by atoms with Gasteiger partial charge in [0.15, 0.2) is 0 Å². The molecule has 0 bridgehead atoms. The van der Waals surface area contributed by atoms with E-state index in [4.69, 9.17) is 0 Å². The van der Waals surface area contributed by atoms with E-state index in [0.717, 1.165) is 43.6 Å². The van der Waals surface area contributed by atoms with Gasteiger partial charge in [0.25, 0.3) is 10.0 Å². The predicted octanol–water partition coefficient (Wildman–Crippen LogP) is 1.33. The Morgan fingerprint density at radius 1 is 1.45 bits per heavy atom. The Morgan fingerprint density at radius 2 is 2.30 bits per heavy atom. The molecule has 0 radical (unpaired) electrons. The number of sulfonamides is 1. The second-order valence-electron chi connectivity index (χ2n) is 5.60. The Labute approximate surface area is 122 Å². The Kier molecular flexibility index (Phi) is 3.60. The SMILES string of the molecule is O=C(NS(=O)(=O)c1cccs1)[C@@]12CCCC[C@@H]1CNC2. The van der Waals surface area contributed by atoms with Gasteiger partial charge in [0.05, 0.1) is 5.41 Å². The summed E-state index contributed by atoms with van der Waals surface area (Å²) in [6.07, 6.45) is 3.89. The standard InChI is InChI=1S/C13H18N2O3S2/c16-12(15-20(17,18)11-5-3-7-19-11)13-6-2-1-4-10(13)8-14-9-13/h3,5,7,10,14H,1-2,4,6,8-9H2,(H,15,16)/t10-,13-/m1/s1. The van der Waals surface area contributed by atoms with Crippen molar-refractivity contribution in [3.8, 4) is 0 Å². The van der Waals surface area contributed by atoms with Crippen LogP contribution in [0.5, 0.6) is 0 Å². The number of carbonyl (C=O) groups excluding carboxylic acids is 1. The monoisotopic (exact) mass is 314 g/mol. The molecule has 0 unspecified atom stereocenters. The van der Waals surface area contributed by atoms with Crippen LogP contribution in [0.1, 0.15) is 25.7 Å². The van der Waals surface area contributed by atoms with Crippen molar-refractivity contribution in [2.75, 3.05) is 13.1 Å². The fourth-order valence-electron chi connectivity index (χ4n) is 3.38. The number of hydrogen-bond donors (Lipinski definition) is 2. The van der Waals surface area contributed by atoms with Gasteiger partial charge in [-0.15, -0.1) is 11.3 Å². The quantitative estimate of drug-likeness (QED) is 0.883. The van der Waals surface area contributed by atoms with Crippen LogP contribution < -0.4 is 10.0 Å². The molecule has 1 aliphatic carbocycles. The minimum absolute atomic E-state index is 0.195. The first kappa shape index (κ1) is 14.0. The maximum atomic E-state index is 12.6. The third-order valence-electron chi connectivity index (χ3n) is 4.48. The van der Waals surface area contributed by atoms with Crippen molar-refractivity contribution in [1.29, 1.82) is 0 Å². The summed E-state index contributed by atoms with van der Waals surface area (Å²) in [6, 6.07) is 3.19. The number of thiophene rings is 1. The molecule has 20 heavy (non-hydrogen) atoms. The normalized spacial score (nSPS) is 29.9. The fourth-order valence-corrected chi connectivity index (χ4v) is 5.43. The van der Waals surface area contributed by atoms with E-state index >= 15 is 0 Å². The highest BCUT2D eigenvalue weighted by atomic mass is 32.2. The second kappa shape index (κ2) is 5.13. The molecule has 2 heterocycles. The largest absolute Gasteiger partial charge is 0.315 e. The van der Waals surface area contributed by atoms with E-state index in [9.17, 15) is 13.2 Å². The maximum absolute atomic E-state index is 12.6. The number of hydrogen-bond acceptors (Lipinski definition) is 5. The summed E-state index contributed by atoms with van der Waals surface area (Å²) in [4.78, 5) is 12.6. The highest BCUT2D eigenvalue weighted by molar-refractivity contribution is 7.92. The molecule has 1 amide bonds. The van der Waals surface area contributed by atoms with Crippen LogP contribution in [0, 0.1) is 11.3 Å². The average Bonchev–Trinajstić information content (AvgIpc) is 3.08. The number of carbonyl (C=O) groups is 1. The predicted molar refractivity (Wildman–Crippen MR) is 76.9 cm³/mol. The third kappa shape index (κ3) is 2.27. The van der Waals surface area contributed by atoms with Gasteiger partial charge in [0.1, 0.15) is 4.21 Å². The van der Waals surface area contributed by atoms with Crippen molar-refractivity contribution in [1.82, 2.24) is 10.0 Å². The maximum Gasteiger partial charge on any atom is 0.273 e.